The SMILES string of the molecule is COP(=O)(OC)C(C=CCCCCO)COC(=O)O. The molecule has 0 bridgehead atoms. The fourth-order valence-corrected chi connectivity index (χ4v) is 2.66. The van der Waals surface area contributed by atoms with E-state index in [0.717, 1.165) is 6.42 Å². The van der Waals surface area contributed by atoms with Gasteiger partial charge in [0.15, 0.2) is 0 Å². The van der Waals surface area contributed by atoms with Crippen LogP contribution in [0.2, 0.25) is 0 Å². The summed E-state index contributed by atoms with van der Waals surface area (Å²) in [5.41, 5.74) is -0.785. The molecule has 0 aliphatic rings. The van der Waals surface area contributed by atoms with Crippen molar-refractivity contribution in [1.82, 2.24) is 0 Å². The van der Waals surface area contributed by atoms with Gasteiger partial charge in [-0.15, -0.1) is 0 Å². The minimum Gasteiger partial charge on any atom is -0.450 e. The van der Waals surface area contributed by atoms with E-state index < -0.39 is 19.4 Å². The summed E-state index contributed by atoms with van der Waals surface area (Å²) in [5, 5.41) is 17.1. The Morgan fingerprint density at radius 3 is 2.42 bits per heavy atom. The van der Waals surface area contributed by atoms with Gasteiger partial charge in [0, 0.05) is 20.8 Å². The normalized spacial score (nSPS) is 13.6. The zero-order valence-corrected chi connectivity index (χ0v) is 12.0. The molecule has 7 nitrogen and oxygen atoms in total. The van der Waals surface area contributed by atoms with Gasteiger partial charge >= 0.3 is 13.8 Å². The van der Waals surface area contributed by atoms with Gasteiger partial charge in [-0.25, -0.2) is 4.79 Å². The molecule has 0 aromatic carbocycles. The first kappa shape index (κ1) is 18.1. The zero-order valence-electron chi connectivity index (χ0n) is 11.2. The number of allylic oxidation sites excluding steroid dienone is 1. The molecular weight excluding hydrogens is 275 g/mol. The van der Waals surface area contributed by atoms with Gasteiger partial charge in [-0.2, -0.15) is 0 Å². The lowest BCUT2D eigenvalue weighted by atomic mass is 10.2. The summed E-state index contributed by atoms with van der Waals surface area (Å²) in [6.07, 6.45) is 4.00. The lowest BCUT2D eigenvalue weighted by Crippen LogP contribution is -2.18. The first-order valence-corrected chi connectivity index (χ1v) is 7.45. The largest absolute Gasteiger partial charge is 0.505 e. The van der Waals surface area contributed by atoms with E-state index in [4.69, 9.17) is 19.3 Å². The highest BCUT2D eigenvalue weighted by Crippen LogP contribution is 2.52. The van der Waals surface area contributed by atoms with Crippen molar-refractivity contribution in [2.24, 2.45) is 0 Å². The van der Waals surface area contributed by atoms with Crippen molar-refractivity contribution in [2.45, 2.75) is 24.9 Å². The lowest BCUT2D eigenvalue weighted by molar-refractivity contribution is 0.0916. The number of carbonyl (C=O) groups is 1. The van der Waals surface area contributed by atoms with Crippen molar-refractivity contribution in [3.05, 3.63) is 12.2 Å². The second-order valence-corrected chi connectivity index (χ2v) is 6.17. The van der Waals surface area contributed by atoms with E-state index in [1.54, 1.807) is 12.2 Å². The molecule has 1 unspecified atom stereocenters. The van der Waals surface area contributed by atoms with Crippen molar-refractivity contribution in [3.63, 3.8) is 0 Å². The highest BCUT2D eigenvalue weighted by atomic mass is 31.2. The van der Waals surface area contributed by atoms with E-state index in [-0.39, 0.29) is 13.2 Å². The van der Waals surface area contributed by atoms with Gasteiger partial charge in [0.25, 0.3) is 0 Å². The molecule has 0 heterocycles. The molecule has 1 atom stereocenters. The van der Waals surface area contributed by atoms with Crippen LogP contribution in [0.1, 0.15) is 19.3 Å². The molecule has 0 saturated carbocycles. The van der Waals surface area contributed by atoms with Gasteiger partial charge in [-0.05, 0) is 19.3 Å². The van der Waals surface area contributed by atoms with Crippen molar-refractivity contribution < 1.29 is 33.4 Å². The molecule has 0 aliphatic carbocycles. The molecule has 0 fully saturated rings. The molecule has 0 amide bonds. The van der Waals surface area contributed by atoms with Crippen molar-refractivity contribution in [2.75, 3.05) is 27.4 Å². The van der Waals surface area contributed by atoms with Crippen molar-refractivity contribution in [3.8, 4) is 0 Å². The molecule has 0 rings (SSSR count). The van der Waals surface area contributed by atoms with Crippen LogP contribution in [-0.4, -0.2) is 49.5 Å². The first-order chi connectivity index (χ1) is 9.00. The fourth-order valence-electron chi connectivity index (χ4n) is 1.38. The molecule has 19 heavy (non-hydrogen) atoms. The lowest BCUT2D eigenvalue weighted by Gasteiger charge is -2.20. The third-order valence-corrected chi connectivity index (χ3v) is 4.58. The van der Waals surface area contributed by atoms with Gasteiger partial charge in [-0.1, -0.05) is 12.2 Å². The van der Waals surface area contributed by atoms with Crippen LogP contribution in [0.3, 0.4) is 0 Å². The molecule has 0 aliphatic heterocycles. The number of hydrogen-bond acceptors (Lipinski definition) is 6. The van der Waals surface area contributed by atoms with Gasteiger partial charge < -0.3 is 24.0 Å². The van der Waals surface area contributed by atoms with Gasteiger partial charge in [0.2, 0.25) is 0 Å². The van der Waals surface area contributed by atoms with Crippen LogP contribution in [-0.2, 0) is 18.3 Å². The summed E-state index contributed by atoms with van der Waals surface area (Å²) in [5.74, 6) is 0. The number of hydrogen-bond donors (Lipinski definition) is 2. The molecular formula is C11H21O7P. The number of aliphatic hydroxyl groups is 1. The quantitative estimate of drug-likeness (QED) is 0.276. The summed E-state index contributed by atoms with van der Waals surface area (Å²) in [6, 6.07) is 0. The Labute approximate surface area is 112 Å². The van der Waals surface area contributed by atoms with Gasteiger partial charge in [0.1, 0.15) is 12.3 Å². The number of rotatable bonds is 10. The number of aliphatic hydroxyl groups excluding tert-OH is 1. The molecule has 0 spiro atoms. The number of ether oxygens (including phenoxy) is 1. The van der Waals surface area contributed by atoms with Crippen LogP contribution in [0, 0.1) is 0 Å². The van der Waals surface area contributed by atoms with E-state index >= 15 is 0 Å². The average Bonchev–Trinajstić information content (AvgIpc) is 2.40. The third-order valence-electron chi connectivity index (χ3n) is 2.43. The van der Waals surface area contributed by atoms with Crippen LogP contribution in [0.4, 0.5) is 4.79 Å². The molecule has 0 radical (unpaired) electrons. The maximum atomic E-state index is 12.2. The standard InChI is InChI=1S/C11H21O7P/c1-16-19(15,17-2)10(9-18-11(13)14)7-5-3-4-6-8-12/h5,7,10,12H,3-4,6,8-9H2,1-2H3,(H,13,14). The van der Waals surface area contributed by atoms with E-state index in [9.17, 15) is 9.36 Å². The van der Waals surface area contributed by atoms with E-state index in [0.29, 0.717) is 12.8 Å². The second-order valence-electron chi connectivity index (χ2n) is 3.70. The summed E-state index contributed by atoms with van der Waals surface area (Å²) < 4.78 is 26.3. The minimum atomic E-state index is -3.43. The smallest absolute Gasteiger partial charge is 0.450 e. The molecule has 0 aromatic rings. The van der Waals surface area contributed by atoms with Crippen molar-refractivity contribution >= 4 is 13.8 Å². The molecule has 0 aromatic heterocycles. The average molecular weight is 296 g/mol. The Morgan fingerprint density at radius 1 is 1.32 bits per heavy atom. The van der Waals surface area contributed by atoms with E-state index in [2.05, 4.69) is 4.74 Å². The summed E-state index contributed by atoms with van der Waals surface area (Å²) >= 11 is 0. The Balaban J connectivity index is 4.57. The van der Waals surface area contributed by atoms with Gasteiger partial charge in [-0.3, -0.25) is 4.57 Å². The predicted octanol–water partition coefficient (Wildman–Crippen LogP) is 2.25. The van der Waals surface area contributed by atoms with Crippen molar-refractivity contribution in [1.29, 1.82) is 0 Å². The van der Waals surface area contributed by atoms with Crippen LogP contribution in [0.5, 0.6) is 0 Å². The molecule has 0 saturated heterocycles. The van der Waals surface area contributed by atoms with E-state index in [1.165, 1.54) is 14.2 Å². The highest BCUT2D eigenvalue weighted by molar-refractivity contribution is 7.54. The Bertz CT molecular complexity index is 321. The number of unbranched alkanes of at least 4 members (excludes halogenated alkanes) is 2. The Morgan fingerprint density at radius 2 is 1.95 bits per heavy atom. The summed E-state index contributed by atoms with van der Waals surface area (Å²) in [4.78, 5) is 10.4. The fraction of sp³-hybridized carbons (Fsp3) is 0.727. The highest BCUT2D eigenvalue weighted by Gasteiger charge is 2.33. The van der Waals surface area contributed by atoms with Crippen LogP contribution < -0.4 is 0 Å². The Hall–Kier alpha value is -0.880. The first-order valence-electron chi connectivity index (χ1n) is 5.84. The topological polar surface area (TPSA) is 102 Å². The zero-order chi connectivity index (χ0) is 14.7. The molecule has 112 valence electrons. The predicted molar refractivity (Wildman–Crippen MR) is 69.5 cm³/mol. The van der Waals surface area contributed by atoms with E-state index in [1.807, 2.05) is 0 Å². The monoisotopic (exact) mass is 296 g/mol. The van der Waals surface area contributed by atoms with Gasteiger partial charge in [0.05, 0.1) is 0 Å². The maximum Gasteiger partial charge on any atom is 0.505 e. The molecule has 2 N–H and O–H groups in total. The number of carboxylic acid groups (broad SMARTS) is 1. The van der Waals surface area contributed by atoms with Crippen LogP contribution >= 0.6 is 7.60 Å². The summed E-state index contributed by atoms with van der Waals surface area (Å²) in [6.45, 7) is -0.182. The minimum absolute atomic E-state index is 0.119. The second kappa shape index (κ2) is 9.97. The van der Waals surface area contributed by atoms with Crippen LogP contribution in [0.25, 0.3) is 0 Å². The summed E-state index contributed by atoms with van der Waals surface area (Å²) in [7, 11) is -0.960. The maximum absolute atomic E-state index is 12.2. The Kier molecular flexibility index (Phi) is 9.51. The molecule has 8 heteroatoms. The third kappa shape index (κ3) is 7.32. The van der Waals surface area contributed by atoms with Crippen LogP contribution in [0.15, 0.2) is 12.2 Å².